The van der Waals surface area contributed by atoms with Crippen molar-refractivity contribution in [2.75, 3.05) is 11.9 Å². The maximum atomic E-state index is 12.0. The fraction of sp³-hybridized carbons (Fsp3) is 0.0588. The molecule has 0 atom stereocenters. The number of fused-ring (bicyclic) bond motifs is 3. The molecule has 3 aromatic rings. The van der Waals surface area contributed by atoms with Crippen LogP contribution in [0.15, 0.2) is 57.9 Å². The highest BCUT2D eigenvalue weighted by molar-refractivity contribution is 6.32. The average molecular weight is 311 g/mol. The van der Waals surface area contributed by atoms with Crippen molar-refractivity contribution >= 4 is 39.9 Å². The molecular weight excluding hydrogens is 300 g/mol. The van der Waals surface area contributed by atoms with Gasteiger partial charge in [0, 0.05) is 16.0 Å². The van der Waals surface area contributed by atoms with Gasteiger partial charge in [0.15, 0.2) is 5.76 Å². The zero-order valence-electron chi connectivity index (χ0n) is 11.5. The Morgan fingerprint density at radius 3 is 2.77 bits per heavy atom. The summed E-state index contributed by atoms with van der Waals surface area (Å²) in [5, 5.41) is 4.24. The number of furan rings is 1. The van der Waals surface area contributed by atoms with Gasteiger partial charge in [0.25, 0.3) is 0 Å². The van der Waals surface area contributed by atoms with Gasteiger partial charge in [-0.3, -0.25) is 9.79 Å². The largest absolute Gasteiger partial charge is 0.452 e. The second kappa shape index (κ2) is 5.00. The molecule has 4 nitrogen and oxygen atoms in total. The molecule has 1 aliphatic heterocycles. The van der Waals surface area contributed by atoms with Crippen molar-refractivity contribution < 1.29 is 9.21 Å². The predicted molar refractivity (Wildman–Crippen MR) is 86.8 cm³/mol. The average Bonchev–Trinajstić information content (AvgIpc) is 2.77. The molecule has 0 radical (unpaired) electrons. The summed E-state index contributed by atoms with van der Waals surface area (Å²) in [6.07, 6.45) is 0. The molecule has 22 heavy (non-hydrogen) atoms. The Morgan fingerprint density at radius 1 is 1.14 bits per heavy atom. The number of amides is 1. The molecule has 108 valence electrons. The summed E-state index contributed by atoms with van der Waals surface area (Å²) in [4.78, 5) is 16.4. The summed E-state index contributed by atoms with van der Waals surface area (Å²) in [6.45, 7) is 0.0660. The zero-order chi connectivity index (χ0) is 15.1. The molecule has 1 N–H and O–H groups in total. The van der Waals surface area contributed by atoms with Crippen molar-refractivity contribution in [1.82, 2.24) is 0 Å². The van der Waals surface area contributed by atoms with Crippen LogP contribution in [-0.2, 0) is 4.79 Å². The van der Waals surface area contributed by atoms with Gasteiger partial charge in [-0.2, -0.15) is 0 Å². The first kappa shape index (κ1) is 13.1. The normalized spacial score (nSPS) is 14.2. The molecule has 1 amide bonds. The third-order valence-electron chi connectivity index (χ3n) is 3.56. The quantitative estimate of drug-likeness (QED) is 0.741. The number of carbonyl (C=O) groups excluding carboxylic acids is 1. The molecule has 1 aromatic heterocycles. The van der Waals surface area contributed by atoms with Crippen LogP contribution in [0.1, 0.15) is 11.3 Å². The van der Waals surface area contributed by atoms with Crippen LogP contribution in [0.2, 0.25) is 5.02 Å². The predicted octanol–water partition coefficient (Wildman–Crippen LogP) is 3.88. The summed E-state index contributed by atoms with van der Waals surface area (Å²) < 4.78 is 5.94. The number of rotatable bonds is 1. The smallest absolute Gasteiger partial charge is 0.246 e. The number of halogens is 1. The van der Waals surface area contributed by atoms with E-state index in [1.807, 2.05) is 30.3 Å². The Hall–Kier alpha value is -2.59. The Morgan fingerprint density at radius 2 is 1.95 bits per heavy atom. The van der Waals surface area contributed by atoms with Crippen molar-refractivity contribution in [3.63, 3.8) is 0 Å². The monoisotopic (exact) mass is 310 g/mol. The summed E-state index contributed by atoms with van der Waals surface area (Å²) in [6, 6.07) is 15.0. The van der Waals surface area contributed by atoms with Crippen LogP contribution in [0, 0.1) is 0 Å². The summed E-state index contributed by atoms with van der Waals surface area (Å²) >= 11 is 6.06. The Balaban J connectivity index is 2.00. The topological polar surface area (TPSA) is 54.6 Å². The zero-order valence-corrected chi connectivity index (χ0v) is 12.2. The van der Waals surface area contributed by atoms with E-state index < -0.39 is 0 Å². The van der Waals surface area contributed by atoms with Gasteiger partial charge < -0.3 is 9.73 Å². The maximum Gasteiger partial charge on any atom is 0.246 e. The first-order valence-electron chi connectivity index (χ1n) is 6.84. The first-order valence-corrected chi connectivity index (χ1v) is 7.22. The minimum atomic E-state index is -0.171. The number of hydrogen-bond acceptors (Lipinski definition) is 3. The van der Waals surface area contributed by atoms with Gasteiger partial charge in [-0.25, -0.2) is 0 Å². The molecule has 0 unspecified atom stereocenters. The number of anilines is 1. The van der Waals surface area contributed by atoms with E-state index in [1.54, 1.807) is 18.2 Å². The van der Waals surface area contributed by atoms with Crippen LogP contribution >= 0.6 is 11.6 Å². The van der Waals surface area contributed by atoms with Crippen molar-refractivity contribution in [1.29, 1.82) is 0 Å². The summed E-state index contributed by atoms with van der Waals surface area (Å²) in [5.41, 5.74) is 2.87. The fourth-order valence-corrected chi connectivity index (χ4v) is 2.75. The van der Waals surface area contributed by atoms with Crippen LogP contribution in [-0.4, -0.2) is 18.2 Å². The van der Waals surface area contributed by atoms with Crippen molar-refractivity contribution in [2.45, 2.75) is 0 Å². The lowest BCUT2D eigenvalue weighted by atomic mass is 10.1. The SMILES string of the molecule is O=C1CN=C(c2ccccc2)c2oc3ccc(Cl)cc3c2N1. The standard InChI is InChI=1S/C17H11ClN2O2/c18-11-6-7-13-12(8-11)16-17(22-13)15(19-9-14(21)20-16)10-4-2-1-3-5-10/h1-8H,9H2,(H,20,21). The molecule has 0 saturated heterocycles. The van der Waals surface area contributed by atoms with E-state index in [4.69, 9.17) is 16.0 Å². The maximum absolute atomic E-state index is 12.0. The molecule has 0 fully saturated rings. The lowest BCUT2D eigenvalue weighted by molar-refractivity contribution is -0.114. The fourth-order valence-electron chi connectivity index (χ4n) is 2.58. The minimum absolute atomic E-state index is 0.0660. The number of nitrogens with one attached hydrogen (secondary N) is 1. The number of nitrogens with zero attached hydrogens (tertiary/aromatic N) is 1. The molecule has 2 heterocycles. The highest BCUT2D eigenvalue weighted by atomic mass is 35.5. The third-order valence-corrected chi connectivity index (χ3v) is 3.79. The summed E-state index contributed by atoms with van der Waals surface area (Å²) in [7, 11) is 0. The van der Waals surface area contributed by atoms with E-state index in [-0.39, 0.29) is 12.5 Å². The lowest BCUT2D eigenvalue weighted by Gasteiger charge is -2.03. The van der Waals surface area contributed by atoms with Gasteiger partial charge in [0.1, 0.15) is 17.8 Å². The van der Waals surface area contributed by atoms with E-state index in [1.165, 1.54) is 0 Å². The van der Waals surface area contributed by atoms with Crippen molar-refractivity contribution in [2.24, 2.45) is 4.99 Å². The Labute approximate surface area is 131 Å². The highest BCUT2D eigenvalue weighted by Gasteiger charge is 2.24. The van der Waals surface area contributed by atoms with E-state index >= 15 is 0 Å². The lowest BCUT2D eigenvalue weighted by Crippen LogP contribution is -2.13. The van der Waals surface area contributed by atoms with Crippen molar-refractivity contribution in [3.05, 3.63) is 64.9 Å². The molecule has 0 aliphatic carbocycles. The van der Waals surface area contributed by atoms with Gasteiger partial charge >= 0.3 is 0 Å². The number of hydrogen-bond donors (Lipinski definition) is 1. The minimum Gasteiger partial charge on any atom is -0.452 e. The number of carbonyl (C=O) groups is 1. The molecule has 2 aromatic carbocycles. The number of benzene rings is 2. The van der Waals surface area contributed by atoms with Gasteiger partial charge in [0.2, 0.25) is 5.91 Å². The van der Waals surface area contributed by atoms with Crippen LogP contribution in [0.3, 0.4) is 0 Å². The van der Waals surface area contributed by atoms with Crippen LogP contribution < -0.4 is 5.32 Å². The molecule has 4 rings (SSSR count). The van der Waals surface area contributed by atoms with Gasteiger partial charge in [-0.15, -0.1) is 0 Å². The van der Waals surface area contributed by atoms with E-state index in [2.05, 4.69) is 10.3 Å². The number of aliphatic imine (C=N–C) groups is 1. The Kier molecular flexibility index (Phi) is 2.98. The van der Waals surface area contributed by atoms with Gasteiger partial charge in [-0.1, -0.05) is 41.9 Å². The molecule has 0 saturated carbocycles. The second-order valence-corrected chi connectivity index (χ2v) is 5.46. The van der Waals surface area contributed by atoms with Crippen molar-refractivity contribution in [3.8, 4) is 0 Å². The van der Waals surface area contributed by atoms with E-state index in [0.717, 1.165) is 10.9 Å². The highest BCUT2D eigenvalue weighted by Crippen LogP contribution is 2.35. The first-order chi connectivity index (χ1) is 10.7. The summed E-state index contributed by atoms with van der Waals surface area (Å²) in [5.74, 6) is 0.393. The molecular formula is C17H11ClN2O2. The third kappa shape index (κ3) is 2.09. The molecule has 0 spiro atoms. The van der Waals surface area contributed by atoms with Crippen LogP contribution in [0.4, 0.5) is 5.69 Å². The molecule has 0 bridgehead atoms. The van der Waals surface area contributed by atoms with Crippen LogP contribution in [0.5, 0.6) is 0 Å². The Bertz CT molecular complexity index is 913. The van der Waals surface area contributed by atoms with Gasteiger partial charge in [0.05, 0.1) is 5.69 Å². The second-order valence-electron chi connectivity index (χ2n) is 5.03. The van der Waals surface area contributed by atoms with E-state index in [0.29, 0.717) is 27.8 Å². The molecule has 1 aliphatic rings. The van der Waals surface area contributed by atoms with Gasteiger partial charge in [-0.05, 0) is 18.2 Å². The van der Waals surface area contributed by atoms with Crippen LogP contribution in [0.25, 0.3) is 11.0 Å². The van der Waals surface area contributed by atoms with E-state index in [9.17, 15) is 4.79 Å². The molecule has 5 heteroatoms.